The fourth-order valence-corrected chi connectivity index (χ4v) is 3.18. The maximum Gasteiger partial charge on any atom is 0.270 e. The second kappa shape index (κ2) is 7.37. The average molecular weight is 415 g/mol. The molecule has 144 valence electrons. The van der Waals surface area contributed by atoms with E-state index in [-0.39, 0.29) is 21.9 Å². The lowest BCUT2D eigenvalue weighted by Crippen LogP contribution is -2.54. The largest absolute Gasteiger partial charge is 0.507 e. The summed E-state index contributed by atoms with van der Waals surface area (Å²) in [5.74, 6) is -1.20. The number of phenols is 1. The molecule has 0 bridgehead atoms. The molecule has 0 aliphatic carbocycles. The van der Waals surface area contributed by atoms with E-state index in [2.05, 4.69) is 5.32 Å². The van der Waals surface area contributed by atoms with Crippen molar-refractivity contribution in [1.82, 2.24) is 5.32 Å². The van der Waals surface area contributed by atoms with Gasteiger partial charge in [-0.3, -0.25) is 19.8 Å². The molecule has 1 aliphatic heterocycles. The number of halogens is 1. The number of nitrogens with zero attached hydrogens (tertiary/aromatic N) is 1. The zero-order chi connectivity index (χ0) is 20.6. The van der Waals surface area contributed by atoms with E-state index in [1.807, 2.05) is 26.8 Å². The maximum atomic E-state index is 13.0. The number of hydrogen-bond donors (Lipinski definition) is 2. The minimum atomic E-state index is -0.610. The molecule has 0 atom stereocenters. The lowest BCUT2D eigenvalue weighted by atomic mass is 9.86. The smallest absolute Gasteiger partial charge is 0.270 e. The first-order valence-corrected chi connectivity index (χ1v) is 9.37. The molecule has 0 saturated carbocycles. The van der Waals surface area contributed by atoms with E-state index in [1.54, 1.807) is 36.4 Å². The third-order valence-electron chi connectivity index (χ3n) is 4.38. The monoisotopic (exact) mass is 414 g/mol. The van der Waals surface area contributed by atoms with Crippen molar-refractivity contribution in [2.75, 3.05) is 4.90 Å². The van der Waals surface area contributed by atoms with Gasteiger partial charge in [-0.15, -0.1) is 0 Å². The predicted molar refractivity (Wildman–Crippen MR) is 114 cm³/mol. The normalized spacial score (nSPS) is 16.5. The predicted octanol–water partition coefficient (Wildman–Crippen LogP) is 4.17. The summed E-state index contributed by atoms with van der Waals surface area (Å²) in [4.78, 5) is 26.7. The summed E-state index contributed by atoms with van der Waals surface area (Å²) in [6, 6.07) is 11.7. The summed E-state index contributed by atoms with van der Waals surface area (Å²) in [5.41, 5.74) is 1.56. The highest BCUT2D eigenvalue weighted by Crippen LogP contribution is 2.30. The van der Waals surface area contributed by atoms with E-state index < -0.39 is 11.8 Å². The Kier molecular flexibility index (Phi) is 5.28. The Balaban J connectivity index is 2.06. The highest BCUT2D eigenvalue weighted by atomic mass is 35.5. The Labute approximate surface area is 173 Å². The van der Waals surface area contributed by atoms with Crippen molar-refractivity contribution in [3.8, 4) is 5.75 Å². The van der Waals surface area contributed by atoms with Crippen LogP contribution in [0.1, 0.15) is 31.9 Å². The van der Waals surface area contributed by atoms with Crippen LogP contribution in [0.15, 0.2) is 48.0 Å². The quantitative estimate of drug-likeness (QED) is 0.439. The molecule has 0 unspecified atom stereocenters. The zero-order valence-corrected chi connectivity index (χ0v) is 17.2. The molecule has 1 fully saturated rings. The van der Waals surface area contributed by atoms with Crippen molar-refractivity contribution in [3.05, 3.63) is 64.2 Å². The first-order chi connectivity index (χ1) is 13.1. The van der Waals surface area contributed by atoms with Gasteiger partial charge in [0.1, 0.15) is 11.3 Å². The third-order valence-corrected chi connectivity index (χ3v) is 4.92. The van der Waals surface area contributed by atoms with E-state index in [0.29, 0.717) is 16.3 Å². The van der Waals surface area contributed by atoms with E-state index in [4.69, 9.17) is 23.8 Å². The van der Waals surface area contributed by atoms with Crippen LogP contribution in [-0.4, -0.2) is 22.0 Å². The lowest BCUT2D eigenvalue weighted by molar-refractivity contribution is -0.122. The molecule has 0 radical (unpaired) electrons. The van der Waals surface area contributed by atoms with Crippen LogP contribution in [0.2, 0.25) is 5.02 Å². The number of carbonyl (C=O) groups is 2. The lowest BCUT2D eigenvalue weighted by Gasteiger charge is -2.29. The van der Waals surface area contributed by atoms with Crippen LogP contribution in [0.4, 0.5) is 5.69 Å². The van der Waals surface area contributed by atoms with Gasteiger partial charge in [-0.05, 0) is 65.7 Å². The summed E-state index contributed by atoms with van der Waals surface area (Å²) in [6.07, 6.45) is 1.38. The second-order valence-electron chi connectivity index (χ2n) is 7.46. The van der Waals surface area contributed by atoms with E-state index >= 15 is 0 Å². The van der Waals surface area contributed by atoms with Crippen LogP contribution in [0, 0.1) is 0 Å². The minimum Gasteiger partial charge on any atom is -0.507 e. The number of carbonyl (C=O) groups excluding carboxylic acids is 2. The van der Waals surface area contributed by atoms with Crippen LogP contribution >= 0.6 is 23.8 Å². The van der Waals surface area contributed by atoms with Crippen molar-refractivity contribution in [2.24, 2.45) is 0 Å². The molecular formula is C21H19ClN2O3S. The van der Waals surface area contributed by atoms with Crippen molar-refractivity contribution in [3.63, 3.8) is 0 Å². The third kappa shape index (κ3) is 3.93. The highest BCUT2D eigenvalue weighted by molar-refractivity contribution is 7.80. The molecular weight excluding hydrogens is 396 g/mol. The summed E-state index contributed by atoms with van der Waals surface area (Å²) < 4.78 is 0. The molecule has 1 heterocycles. The van der Waals surface area contributed by atoms with Crippen molar-refractivity contribution >= 4 is 52.5 Å². The summed E-state index contributed by atoms with van der Waals surface area (Å²) >= 11 is 11.1. The van der Waals surface area contributed by atoms with Crippen LogP contribution in [0.3, 0.4) is 0 Å². The summed E-state index contributed by atoms with van der Waals surface area (Å²) in [7, 11) is 0. The second-order valence-corrected chi connectivity index (χ2v) is 8.28. The molecule has 2 amide bonds. The molecule has 1 aliphatic rings. The average Bonchev–Trinajstić information content (AvgIpc) is 2.60. The first-order valence-electron chi connectivity index (χ1n) is 8.58. The molecule has 0 aromatic heterocycles. The van der Waals surface area contributed by atoms with Crippen LogP contribution < -0.4 is 10.2 Å². The van der Waals surface area contributed by atoms with Gasteiger partial charge in [0.25, 0.3) is 11.8 Å². The van der Waals surface area contributed by atoms with Gasteiger partial charge in [-0.2, -0.15) is 0 Å². The topological polar surface area (TPSA) is 69.6 Å². The first kappa shape index (κ1) is 20.0. The number of phenolic OH excluding ortho intramolecular Hbond substituents is 1. The molecule has 2 aromatic rings. The number of anilines is 1. The Hall–Kier alpha value is -2.70. The SMILES string of the molecule is CC(C)(C)c1ccc(O)c(C=C2C(=O)NC(=S)N(c3ccc(Cl)cc3)C2=O)c1. The number of benzene rings is 2. The Morgan fingerprint density at radius 1 is 1.11 bits per heavy atom. The van der Waals surface area contributed by atoms with Crippen LogP contribution in [-0.2, 0) is 15.0 Å². The van der Waals surface area contributed by atoms with E-state index in [9.17, 15) is 14.7 Å². The van der Waals surface area contributed by atoms with Gasteiger partial charge in [0.05, 0.1) is 5.69 Å². The Bertz CT molecular complexity index is 1010. The minimum absolute atomic E-state index is 0.0119. The fraction of sp³-hybridized carbons (Fsp3) is 0.190. The van der Waals surface area contributed by atoms with Crippen molar-refractivity contribution in [1.29, 1.82) is 0 Å². The number of amides is 2. The van der Waals surface area contributed by atoms with Gasteiger partial charge in [0, 0.05) is 10.6 Å². The molecule has 5 nitrogen and oxygen atoms in total. The standard InChI is InChI=1S/C21H19ClN2O3S/c1-21(2,3)13-4-9-17(25)12(10-13)11-16-18(26)23-20(28)24(19(16)27)15-7-5-14(22)6-8-15/h4-11,25H,1-3H3,(H,23,26,28). The van der Waals surface area contributed by atoms with E-state index in [1.165, 1.54) is 11.0 Å². The highest BCUT2D eigenvalue weighted by Gasteiger charge is 2.34. The fourth-order valence-electron chi connectivity index (χ4n) is 2.77. The van der Waals surface area contributed by atoms with E-state index in [0.717, 1.165) is 5.56 Å². The Morgan fingerprint density at radius 3 is 2.36 bits per heavy atom. The number of hydrogen-bond acceptors (Lipinski definition) is 4. The van der Waals surface area contributed by atoms with Crippen LogP contribution in [0.25, 0.3) is 6.08 Å². The molecule has 1 saturated heterocycles. The van der Waals surface area contributed by atoms with Gasteiger partial charge < -0.3 is 5.11 Å². The van der Waals surface area contributed by atoms with Gasteiger partial charge in [0.2, 0.25) is 0 Å². The molecule has 0 spiro atoms. The number of thiocarbonyl (C=S) groups is 1. The molecule has 28 heavy (non-hydrogen) atoms. The summed E-state index contributed by atoms with van der Waals surface area (Å²) in [5, 5.41) is 13.3. The molecule has 2 aromatic carbocycles. The molecule has 2 N–H and O–H groups in total. The zero-order valence-electron chi connectivity index (χ0n) is 15.6. The van der Waals surface area contributed by atoms with Gasteiger partial charge >= 0.3 is 0 Å². The number of nitrogens with one attached hydrogen (secondary N) is 1. The number of aromatic hydroxyl groups is 1. The van der Waals surface area contributed by atoms with Crippen molar-refractivity contribution < 1.29 is 14.7 Å². The van der Waals surface area contributed by atoms with Gasteiger partial charge in [0.15, 0.2) is 5.11 Å². The maximum absolute atomic E-state index is 13.0. The van der Waals surface area contributed by atoms with Gasteiger partial charge in [-0.1, -0.05) is 38.4 Å². The summed E-state index contributed by atoms with van der Waals surface area (Å²) in [6.45, 7) is 6.11. The van der Waals surface area contributed by atoms with Crippen LogP contribution in [0.5, 0.6) is 5.75 Å². The van der Waals surface area contributed by atoms with Crippen molar-refractivity contribution in [2.45, 2.75) is 26.2 Å². The number of rotatable bonds is 2. The molecule has 7 heteroatoms. The Morgan fingerprint density at radius 2 is 1.75 bits per heavy atom. The molecule has 3 rings (SSSR count). The van der Waals surface area contributed by atoms with Gasteiger partial charge in [-0.25, -0.2) is 0 Å².